The minimum absolute atomic E-state index is 0.0952. The Balaban J connectivity index is 2.96. The van der Waals surface area contributed by atoms with Gasteiger partial charge in [0.25, 0.3) is 6.43 Å². The molecule has 0 amide bonds. The zero-order valence-electron chi connectivity index (χ0n) is 9.98. The highest BCUT2D eigenvalue weighted by Crippen LogP contribution is 2.21. The summed E-state index contributed by atoms with van der Waals surface area (Å²) in [5.41, 5.74) is 0.210. The van der Waals surface area contributed by atoms with Crippen molar-refractivity contribution in [2.45, 2.75) is 31.9 Å². The van der Waals surface area contributed by atoms with Crippen molar-refractivity contribution in [1.82, 2.24) is 0 Å². The molecule has 1 unspecified atom stereocenters. The number of nitrogens with zero attached hydrogens (tertiary/aromatic N) is 1. The van der Waals surface area contributed by atoms with E-state index in [1.807, 2.05) is 0 Å². The quantitative estimate of drug-likeness (QED) is 0.764. The molecule has 0 saturated carbocycles. The molecule has 0 bridgehead atoms. The predicted octanol–water partition coefficient (Wildman–Crippen LogP) is 3.51. The molecule has 0 fully saturated rings. The van der Waals surface area contributed by atoms with Crippen molar-refractivity contribution >= 4 is 17.2 Å². The van der Waals surface area contributed by atoms with Gasteiger partial charge in [0.2, 0.25) is 0 Å². The van der Waals surface area contributed by atoms with Crippen molar-refractivity contribution < 1.29 is 13.0 Å². The first-order valence-corrected chi connectivity index (χ1v) is 6.26. The molecule has 0 saturated heterocycles. The summed E-state index contributed by atoms with van der Waals surface area (Å²) in [6.45, 7) is 5.33. The average Bonchev–Trinajstić information content (AvgIpc) is 2.24. The predicted molar refractivity (Wildman–Crippen MR) is 66.9 cm³/mol. The smallest absolute Gasteiger partial charge is 0.234 e. The van der Waals surface area contributed by atoms with Gasteiger partial charge in [-0.2, -0.15) is 4.40 Å². The molecule has 2 nitrogen and oxygen atoms in total. The molecule has 0 heterocycles. The van der Waals surface area contributed by atoms with Gasteiger partial charge in [-0.1, -0.05) is 24.3 Å². The number of halogens is 2. The van der Waals surface area contributed by atoms with E-state index in [1.54, 1.807) is 32.9 Å². The van der Waals surface area contributed by atoms with E-state index >= 15 is 0 Å². The third kappa shape index (κ3) is 4.00. The van der Waals surface area contributed by atoms with E-state index in [0.717, 1.165) is 0 Å². The zero-order chi connectivity index (χ0) is 13.1. The molecule has 1 aromatic carbocycles. The van der Waals surface area contributed by atoms with Crippen molar-refractivity contribution in [3.8, 4) is 0 Å². The summed E-state index contributed by atoms with van der Waals surface area (Å²) in [4.78, 5) is 0. The van der Waals surface area contributed by atoms with Crippen LogP contribution in [0.5, 0.6) is 0 Å². The molecule has 0 aliphatic carbocycles. The number of hydrogen-bond acceptors (Lipinski definition) is 1. The van der Waals surface area contributed by atoms with Gasteiger partial charge < -0.3 is 0 Å². The molecule has 17 heavy (non-hydrogen) atoms. The first-order valence-electron chi connectivity index (χ1n) is 5.15. The van der Waals surface area contributed by atoms with Crippen LogP contribution in [0.2, 0.25) is 0 Å². The Kier molecular flexibility index (Phi) is 4.51. The highest BCUT2D eigenvalue weighted by Gasteiger charge is 2.18. The van der Waals surface area contributed by atoms with Gasteiger partial charge in [0, 0.05) is 17.3 Å². The van der Waals surface area contributed by atoms with Crippen LogP contribution in [0.4, 0.5) is 8.78 Å². The summed E-state index contributed by atoms with van der Waals surface area (Å²) in [6, 6.07) is 6.06. The Hall–Kier alpha value is -1.10. The highest BCUT2D eigenvalue weighted by molar-refractivity contribution is 7.85. The maximum atomic E-state index is 12.6. The standard InChI is InChI=1S/C12H15F2NOS/c1-12(2,3)17(16)15-8-9-6-4-5-7-10(9)11(13)14/h4-8,11H,1-3H3/b15-8-. The molecule has 0 aliphatic rings. The van der Waals surface area contributed by atoms with Gasteiger partial charge in [-0.25, -0.2) is 13.0 Å². The lowest BCUT2D eigenvalue weighted by Gasteiger charge is -2.13. The second-order valence-corrected chi connectivity index (χ2v) is 6.46. The Morgan fingerprint density at radius 2 is 1.88 bits per heavy atom. The Morgan fingerprint density at radius 3 is 2.41 bits per heavy atom. The van der Waals surface area contributed by atoms with E-state index in [2.05, 4.69) is 4.40 Å². The van der Waals surface area contributed by atoms with Crippen LogP contribution < -0.4 is 0 Å². The van der Waals surface area contributed by atoms with Crippen LogP contribution in [0.25, 0.3) is 0 Å². The van der Waals surface area contributed by atoms with Crippen molar-refractivity contribution in [2.75, 3.05) is 0 Å². The molecule has 1 atom stereocenters. The first kappa shape index (κ1) is 14.0. The Labute approximate surface area is 102 Å². The van der Waals surface area contributed by atoms with E-state index in [4.69, 9.17) is 0 Å². The fourth-order valence-electron chi connectivity index (χ4n) is 1.09. The summed E-state index contributed by atoms with van der Waals surface area (Å²) in [6.07, 6.45) is -1.30. The molecule has 0 spiro atoms. The second-order valence-electron chi connectivity index (χ2n) is 4.53. The van der Waals surface area contributed by atoms with Crippen LogP contribution in [0.1, 0.15) is 38.3 Å². The summed E-state index contributed by atoms with van der Waals surface area (Å²) in [7, 11) is -1.43. The SMILES string of the molecule is CC(C)(C)S(=O)/N=C\c1ccccc1C(F)F. The van der Waals surface area contributed by atoms with Crippen molar-refractivity contribution in [3.63, 3.8) is 0 Å². The number of rotatable bonds is 3. The zero-order valence-corrected chi connectivity index (χ0v) is 10.8. The van der Waals surface area contributed by atoms with Gasteiger partial charge >= 0.3 is 0 Å². The minimum atomic E-state index is -2.55. The van der Waals surface area contributed by atoms with E-state index in [9.17, 15) is 13.0 Å². The first-order chi connectivity index (χ1) is 7.82. The second kappa shape index (κ2) is 5.49. The monoisotopic (exact) mass is 259 g/mol. The van der Waals surface area contributed by atoms with Gasteiger partial charge in [-0.05, 0) is 20.8 Å². The van der Waals surface area contributed by atoms with E-state index in [-0.39, 0.29) is 5.56 Å². The molecule has 0 radical (unpaired) electrons. The molecule has 5 heteroatoms. The number of alkyl halides is 2. The summed E-state index contributed by atoms with van der Waals surface area (Å²) in [5, 5.41) is 0. The van der Waals surface area contributed by atoms with Crippen LogP contribution in [-0.2, 0) is 11.0 Å². The Bertz CT molecular complexity index is 438. The normalized spacial score (nSPS) is 14.5. The van der Waals surface area contributed by atoms with Crippen molar-refractivity contribution in [2.24, 2.45) is 4.40 Å². The lowest BCUT2D eigenvalue weighted by atomic mass is 10.1. The summed E-state index contributed by atoms with van der Waals surface area (Å²) >= 11 is 0. The maximum absolute atomic E-state index is 12.6. The highest BCUT2D eigenvalue weighted by atomic mass is 32.2. The van der Waals surface area contributed by atoms with Crippen LogP contribution >= 0.6 is 0 Å². The minimum Gasteiger partial charge on any atom is -0.234 e. The van der Waals surface area contributed by atoms with E-state index in [1.165, 1.54) is 18.3 Å². The largest absolute Gasteiger partial charge is 0.264 e. The maximum Gasteiger partial charge on any atom is 0.264 e. The summed E-state index contributed by atoms with van der Waals surface area (Å²) < 4.78 is 40.3. The fourth-order valence-corrected chi connectivity index (χ4v) is 1.62. The molecule has 1 rings (SSSR count). The van der Waals surface area contributed by atoms with Crippen LogP contribution in [-0.4, -0.2) is 15.2 Å². The van der Waals surface area contributed by atoms with Crippen LogP contribution in [0, 0.1) is 0 Å². The molecule has 0 aromatic heterocycles. The van der Waals surface area contributed by atoms with Gasteiger partial charge in [-0.3, -0.25) is 0 Å². The van der Waals surface area contributed by atoms with Gasteiger partial charge in [0.15, 0.2) is 0 Å². The molecule has 1 aromatic rings. The third-order valence-corrected chi connectivity index (χ3v) is 3.39. The number of hydrogen-bond donors (Lipinski definition) is 0. The lowest BCUT2D eigenvalue weighted by molar-refractivity contribution is 0.151. The van der Waals surface area contributed by atoms with E-state index in [0.29, 0.717) is 5.56 Å². The molecular weight excluding hydrogens is 244 g/mol. The molecule has 94 valence electrons. The van der Waals surface area contributed by atoms with Gasteiger partial charge in [0.05, 0.1) is 4.75 Å². The fraction of sp³-hybridized carbons (Fsp3) is 0.417. The Morgan fingerprint density at radius 1 is 1.29 bits per heavy atom. The molecule has 0 aliphatic heterocycles. The van der Waals surface area contributed by atoms with Crippen LogP contribution in [0.15, 0.2) is 28.7 Å². The van der Waals surface area contributed by atoms with Crippen LogP contribution in [0.3, 0.4) is 0 Å². The third-order valence-electron chi connectivity index (χ3n) is 2.04. The van der Waals surface area contributed by atoms with Gasteiger partial charge in [-0.15, -0.1) is 0 Å². The average molecular weight is 259 g/mol. The molecular formula is C12H15F2NOS. The van der Waals surface area contributed by atoms with E-state index < -0.39 is 22.2 Å². The molecule has 0 N–H and O–H groups in total. The van der Waals surface area contributed by atoms with Crippen molar-refractivity contribution in [1.29, 1.82) is 0 Å². The topological polar surface area (TPSA) is 29.4 Å². The van der Waals surface area contributed by atoms with Gasteiger partial charge in [0.1, 0.15) is 11.0 Å². The van der Waals surface area contributed by atoms with Crippen molar-refractivity contribution in [3.05, 3.63) is 35.4 Å². The summed E-state index contributed by atoms with van der Waals surface area (Å²) in [5.74, 6) is 0. The number of benzene rings is 1. The lowest BCUT2D eigenvalue weighted by Crippen LogP contribution is -2.19.